The molecule has 1 fully saturated rings. The Labute approximate surface area is 126 Å². The predicted molar refractivity (Wildman–Crippen MR) is 83.1 cm³/mol. The molecule has 0 bridgehead atoms. The van der Waals surface area contributed by atoms with E-state index in [1.807, 2.05) is 24.3 Å². The lowest BCUT2D eigenvalue weighted by atomic mass is 10.0. The van der Waals surface area contributed by atoms with E-state index in [1.165, 1.54) is 0 Å². The number of carbonyl (C=O) groups is 1. The summed E-state index contributed by atoms with van der Waals surface area (Å²) in [6, 6.07) is 7.38. The van der Waals surface area contributed by atoms with Gasteiger partial charge in [-0.25, -0.2) is 0 Å². The number of aliphatic hydroxyl groups excluding tert-OH is 2. The molecule has 116 valence electrons. The molecule has 2 rings (SSSR count). The maximum atomic E-state index is 11.9. The highest BCUT2D eigenvalue weighted by atomic mass is 16.3. The molecule has 1 aliphatic rings. The molecule has 2 N–H and O–H groups in total. The first-order chi connectivity index (χ1) is 10.2. The fourth-order valence-corrected chi connectivity index (χ4v) is 2.88. The number of amides is 1. The molecule has 2 atom stereocenters. The Morgan fingerprint density at radius 1 is 1.29 bits per heavy atom. The molecule has 0 spiro atoms. The molecular weight excluding hydrogens is 266 g/mol. The van der Waals surface area contributed by atoms with Gasteiger partial charge in [-0.05, 0) is 30.5 Å². The van der Waals surface area contributed by atoms with Crippen LogP contribution in [0.2, 0.25) is 0 Å². The number of rotatable bonds is 7. The second kappa shape index (κ2) is 7.57. The molecule has 4 nitrogen and oxygen atoms in total. The number of anilines is 1. The van der Waals surface area contributed by atoms with Gasteiger partial charge in [-0.2, -0.15) is 0 Å². The van der Waals surface area contributed by atoms with Crippen molar-refractivity contribution in [3.05, 3.63) is 29.8 Å². The summed E-state index contributed by atoms with van der Waals surface area (Å²) in [5.41, 5.74) is 1.70. The summed E-state index contributed by atoms with van der Waals surface area (Å²) in [5, 5.41) is 19.5. The Morgan fingerprint density at radius 2 is 2.00 bits per heavy atom. The summed E-state index contributed by atoms with van der Waals surface area (Å²) < 4.78 is 0. The quantitative estimate of drug-likeness (QED) is 0.759. The second-order valence-electron chi connectivity index (χ2n) is 5.74. The lowest BCUT2D eigenvalue weighted by Crippen LogP contribution is -2.35. The van der Waals surface area contributed by atoms with Gasteiger partial charge in [0.25, 0.3) is 0 Å². The largest absolute Gasteiger partial charge is 0.394 e. The first-order valence-corrected chi connectivity index (χ1v) is 7.88. The summed E-state index contributed by atoms with van der Waals surface area (Å²) >= 11 is 0. The highest BCUT2D eigenvalue weighted by molar-refractivity contribution is 5.96. The van der Waals surface area contributed by atoms with Crippen LogP contribution < -0.4 is 4.90 Å². The highest BCUT2D eigenvalue weighted by Crippen LogP contribution is 2.28. The minimum Gasteiger partial charge on any atom is -0.394 e. The Balaban J connectivity index is 2.03. The van der Waals surface area contributed by atoms with Gasteiger partial charge >= 0.3 is 0 Å². The molecule has 0 radical (unpaired) electrons. The Hall–Kier alpha value is -1.39. The van der Waals surface area contributed by atoms with Crippen LogP contribution in [-0.4, -0.2) is 28.8 Å². The van der Waals surface area contributed by atoms with E-state index in [0.717, 1.165) is 36.9 Å². The summed E-state index contributed by atoms with van der Waals surface area (Å²) in [6.07, 6.45) is 4.84. The van der Waals surface area contributed by atoms with Crippen LogP contribution >= 0.6 is 0 Å². The monoisotopic (exact) mass is 291 g/mol. The van der Waals surface area contributed by atoms with E-state index in [-0.39, 0.29) is 18.6 Å². The van der Waals surface area contributed by atoms with Crippen molar-refractivity contribution in [2.24, 2.45) is 0 Å². The van der Waals surface area contributed by atoms with Crippen molar-refractivity contribution in [1.82, 2.24) is 0 Å². The first-order valence-electron chi connectivity index (χ1n) is 7.88. The third-order valence-electron chi connectivity index (χ3n) is 4.17. The molecule has 4 heteroatoms. The number of hydrogen-bond donors (Lipinski definition) is 2. The SMILES string of the molecule is CCCCCC(O)c1ccc(N2C(=O)CC[C@@H]2CO)cc1. The van der Waals surface area contributed by atoms with Gasteiger partial charge in [-0.3, -0.25) is 4.79 Å². The van der Waals surface area contributed by atoms with Crippen LogP contribution in [-0.2, 0) is 4.79 Å². The fraction of sp³-hybridized carbons (Fsp3) is 0.588. The highest BCUT2D eigenvalue weighted by Gasteiger charge is 2.31. The van der Waals surface area contributed by atoms with Gasteiger partial charge in [-0.1, -0.05) is 38.3 Å². The average Bonchev–Trinajstić information content (AvgIpc) is 2.88. The molecule has 1 saturated heterocycles. The van der Waals surface area contributed by atoms with Crippen molar-refractivity contribution in [2.45, 2.75) is 57.6 Å². The zero-order valence-electron chi connectivity index (χ0n) is 12.7. The fourth-order valence-electron chi connectivity index (χ4n) is 2.88. The summed E-state index contributed by atoms with van der Waals surface area (Å²) in [4.78, 5) is 13.6. The Morgan fingerprint density at radius 3 is 2.62 bits per heavy atom. The van der Waals surface area contributed by atoms with E-state index in [0.29, 0.717) is 12.8 Å². The van der Waals surface area contributed by atoms with Crippen LogP contribution in [0.15, 0.2) is 24.3 Å². The molecular formula is C17H25NO3. The summed E-state index contributed by atoms with van der Waals surface area (Å²) in [6.45, 7) is 2.14. The zero-order chi connectivity index (χ0) is 15.2. The number of nitrogens with zero attached hydrogens (tertiary/aromatic N) is 1. The van der Waals surface area contributed by atoms with Gasteiger partial charge in [0.15, 0.2) is 0 Å². The third-order valence-corrected chi connectivity index (χ3v) is 4.17. The van der Waals surface area contributed by atoms with Crippen LogP contribution in [0.25, 0.3) is 0 Å². The molecule has 1 heterocycles. The van der Waals surface area contributed by atoms with Crippen molar-refractivity contribution < 1.29 is 15.0 Å². The second-order valence-corrected chi connectivity index (χ2v) is 5.74. The van der Waals surface area contributed by atoms with E-state index in [2.05, 4.69) is 6.92 Å². The molecule has 1 unspecified atom stereocenters. The van der Waals surface area contributed by atoms with Crippen molar-refractivity contribution in [1.29, 1.82) is 0 Å². The van der Waals surface area contributed by atoms with E-state index in [4.69, 9.17) is 0 Å². The van der Waals surface area contributed by atoms with E-state index < -0.39 is 6.10 Å². The summed E-state index contributed by atoms with van der Waals surface area (Å²) in [7, 11) is 0. The van der Waals surface area contributed by atoms with Crippen LogP contribution in [0.3, 0.4) is 0 Å². The van der Waals surface area contributed by atoms with E-state index in [9.17, 15) is 15.0 Å². The maximum Gasteiger partial charge on any atom is 0.227 e. The van der Waals surface area contributed by atoms with Crippen molar-refractivity contribution in [3.63, 3.8) is 0 Å². The zero-order valence-corrected chi connectivity index (χ0v) is 12.7. The molecule has 0 aromatic heterocycles. The molecule has 1 amide bonds. The Bertz CT molecular complexity index is 458. The molecule has 0 saturated carbocycles. The number of aliphatic hydroxyl groups is 2. The smallest absolute Gasteiger partial charge is 0.227 e. The average molecular weight is 291 g/mol. The van der Waals surface area contributed by atoms with Crippen molar-refractivity contribution >= 4 is 11.6 Å². The molecule has 1 aliphatic heterocycles. The number of unbranched alkanes of at least 4 members (excludes halogenated alkanes) is 2. The first kappa shape index (κ1) is 16.0. The Kier molecular flexibility index (Phi) is 5.76. The van der Waals surface area contributed by atoms with Gasteiger partial charge in [0.1, 0.15) is 0 Å². The maximum absolute atomic E-state index is 11.9. The molecule has 21 heavy (non-hydrogen) atoms. The van der Waals surface area contributed by atoms with Gasteiger partial charge in [0.05, 0.1) is 18.8 Å². The van der Waals surface area contributed by atoms with Crippen LogP contribution in [0.4, 0.5) is 5.69 Å². The number of hydrogen-bond acceptors (Lipinski definition) is 3. The standard InChI is InChI=1S/C17H25NO3/c1-2-3-4-5-16(20)13-6-8-14(9-7-13)18-15(12-19)10-11-17(18)21/h6-9,15-16,19-20H,2-5,10-12H2,1H3/t15-,16?/m1/s1. The minimum atomic E-state index is -0.437. The van der Waals surface area contributed by atoms with Crippen molar-refractivity contribution in [2.75, 3.05) is 11.5 Å². The van der Waals surface area contributed by atoms with E-state index in [1.54, 1.807) is 4.90 Å². The van der Waals surface area contributed by atoms with Gasteiger partial charge in [-0.15, -0.1) is 0 Å². The predicted octanol–water partition coefficient (Wildman–Crippen LogP) is 2.79. The van der Waals surface area contributed by atoms with E-state index >= 15 is 0 Å². The normalized spacial score (nSPS) is 20.0. The van der Waals surface area contributed by atoms with Crippen LogP contribution in [0.5, 0.6) is 0 Å². The lowest BCUT2D eigenvalue weighted by Gasteiger charge is -2.23. The molecule has 1 aromatic rings. The van der Waals surface area contributed by atoms with Gasteiger partial charge in [0, 0.05) is 12.1 Å². The van der Waals surface area contributed by atoms with Crippen molar-refractivity contribution in [3.8, 4) is 0 Å². The molecule has 1 aromatic carbocycles. The lowest BCUT2D eigenvalue weighted by molar-refractivity contribution is -0.117. The minimum absolute atomic E-state index is 0.00681. The number of carbonyl (C=O) groups excluding carboxylic acids is 1. The van der Waals surface area contributed by atoms with Crippen LogP contribution in [0.1, 0.15) is 57.1 Å². The molecule has 0 aliphatic carbocycles. The topological polar surface area (TPSA) is 60.8 Å². The third kappa shape index (κ3) is 3.83. The van der Waals surface area contributed by atoms with Gasteiger partial charge in [0.2, 0.25) is 5.91 Å². The summed E-state index contributed by atoms with van der Waals surface area (Å²) in [5.74, 6) is 0.0605. The van der Waals surface area contributed by atoms with Crippen LogP contribution in [0, 0.1) is 0 Å². The van der Waals surface area contributed by atoms with Gasteiger partial charge < -0.3 is 15.1 Å². The number of benzene rings is 1.